The smallest absolute Gasteiger partial charge is 0.155 e. The van der Waals surface area contributed by atoms with Gasteiger partial charge < -0.3 is 4.74 Å². The Hall–Kier alpha value is -1.09. The first-order chi connectivity index (χ1) is 5.69. The fourth-order valence-electron chi connectivity index (χ4n) is 0.929. The predicted octanol–water partition coefficient (Wildman–Crippen LogP) is 1.86. The molecule has 0 bridgehead atoms. The van der Waals surface area contributed by atoms with Gasteiger partial charge in [-0.1, -0.05) is 11.6 Å². The zero-order valence-electron chi connectivity index (χ0n) is 6.80. The number of halogens is 1. The maximum atomic E-state index is 10.6. The van der Waals surface area contributed by atoms with E-state index in [9.17, 15) is 4.79 Å². The van der Waals surface area contributed by atoms with E-state index in [1.807, 2.05) is 0 Å². The van der Waals surface area contributed by atoms with E-state index >= 15 is 0 Å². The van der Waals surface area contributed by atoms with Gasteiger partial charge >= 0.3 is 0 Å². The van der Waals surface area contributed by atoms with Crippen LogP contribution in [0.3, 0.4) is 0 Å². The third-order valence-electron chi connectivity index (χ3n) is 1.52. The van der Waals surface area contributed by atoms with E-state index in [2.05, 4.69) is 4.98 Å². The van der Waals surface area contributed by atoms with Gasteiger partial charge in [-0.05, 0) is 6.92 Å². The second kappa shape index (κ2) is 3.54. The number of rotatable bonds is 2. The average molecular weight is 186 g/mol. The summed E-state index contributed by atoms with van der Waals surface area (Å²) in [6.07, 6.45) is 0.706. The van der Waals surface area contributed by atoms with Gasteiger partial charge in [0.25, 0.3) is 0 Å². The largest absolute Gasteiger partial charge is 0.496 e. The summed E-state index contributed by atoms with van der Waals surface area (Å²) in [5.74, 6) is 0.461. The van der Waals surface area contributed by atoms with Crippen LogP contribution in [0.1, 0.15) is 16.1 Å². The lowest BCUT2D eigenvalue weighted by molar-refractivity contribution is 0.111. The Morgan fingerprint density at radius 3 is 2.83 bits per heavy atom. The minimum atomic E-state index is 0.329. The van der Waals surface area contributed by atoms with Crippen molar-refractivity contribution in [1.29, 1.82) is 0 Å². The summed E-state index contributed by atoms with van der Waals surface area (Å²) >= 11 is 5.65. The molecular formula is C8H8ClNO2. The van der Waals surface area contributed by atoms with E-state index in [0.29, 0.717) is 28.4 Å². The van der Waals surface area contributed by atoms with Crippen LogP contribution in [0, 0.1) is 6.92 Å². The van der Waals surface area contributed by atoms with Gasteiger partial charge in [0, 0.05) is 6.07 Å². The van der Waals surface area contributed by atoms with Gasteiger partial charge in [-0.25, -0.2) is 4.98 Å². The van der Waals surface area contributed by atoms with Crippen LogP contribution in [0.2, 0.25) is 5.15 Å². The minimum absolute atomic E-state index is 0.329. The number of hydrogen-bond donors (Lipinski definition) is 0. The Bertz CT molecular complexity index is 312. The Labute approximate surface area is 75.3 Å². The maximum Gasteiger partial charge on any atom is 0.155 e. The highest BCUT2D eigenvalue weighted by atomic mass is 35.5. The van der Waals surface area contributed by atoms with Crippen molar-refractivity contribution < 1.29 is 9.53 Å². The monoisotopic (exact) mass is 185 g/mol. The van der Waals surface area contributed by atoms with E-state index in [1.54, 1.807) is 6.92 Å². The molecule has 0 saturated carbocycles. The van der Waals surface area contributed by atoms with Crippen molar-refractivity contribution in [2.75, 3.05) is 7.11 Å². The van der Waals surface area contributed by atoms with E-state index < -0.39 is 0 Å². The van der Waals surface area contributed by atoms with Crippen LogP contribution in [0.15, 0.2) is 6.07 Å². The topological polar surface area (TPSA) is 39.2 Å². The van der Waals surface area contributed by atoms with Gasteiger partial charge in [0.15, 0.2) is 6.29 Å². The number of aldehydes is 1. The first-order valence-electron chi connectivity index (χ1n) is 3.35. The second-order valence-electron chi connectivity index (χ2n) is 2.26. The maximum absolute atomic E-state index is 10.6. The molecule has 12 heavy (non-hydrogen) atoms. The van der Waals surface area contributed by atoms with Gasteiger partial charge in [-0.2, -0.15) is 0 Å². The number of pyridine rings is 1. The van der Waals surface area contributed by atoms with Crippen LogP contribution < -0.4 is 4.74 Å². The van der Waals surface area contributed by atoms with E-state index in [0.717, 1.165) is 0 Å². The molecule has 0 amide bonds. The van der Waals surface area contributed by atoms with E-state index in [4.69, 9.17) is 16.3 Å². The van der Waals surface area contributed by atoms with E-state index in [1.165, 1.54) is 13.2 Å². The standard InChI is InChI=1S/C8H8ClNO2/c1-5-6(4-11)7(12-2)3-8(9)10-5/h3-4H,1-2H3. The molecule has 0 aliphatic rings. The molecule has 0 aliphatic carbocycles. The number of aryl methyl sites for hydroxylation is 1. The molecule has 1 aromatic rings. The molecule has 1 aromatic heterocycles. The molecule has 3 nitrogen and oxygen atoms in total. The summed E-state index contributed by atoms with van der Waals surface area (Å²) in [5.41, 5.74) is 1.02. The lowest BCUT2D eigenvalue weighted by Crippen LogP contribution is -1.96. The lowest BCUT2D eigenvalue weighted by Gasteiger charge is -2.05. The van der Waals surface area contributed by atoms with Gasteiger partial charge in [-0.3, -0.25) is 4.79 Å². The quantitative estimate of drug-likeness (QED) is 0.522. The van der Waals surface area contributed by atoms with Crippen LogP contribution >= 0.6 is 11.6 Å². The second-order valence-corrected chi connectivity index (χ2v) is 2.65. The number of hydrogen-bond acceptors (Lipinski definition) is 3. The van der Waals surface area contributed by atoms with Crippen molar-refractivity contribution in [2.45, 2.75) is 6.92 Å². The van der Waals surface area contributed by atoms with Crippen molar-refractivity contribution in [3.05, 3.63) is 22.5 Å². The molecule has 0 saturated heterocycles. The van der Waals surface area contributed by atoms with Crippen molar-refractivity contribution in [2.24, 2.45) is 0 Å². The summed E-state index contributed by atoms with van der Waals surface area (Å²) in [7, 11) is 1.48. The zero-order chi connectivity index (χ0) is 9.14. The molecular weight excluding hydrogens is 178 g/mol. The highest BCUT2D eigenvalue weighted by Crippen LogP contribution is 2.22. The first-order valence-corrected chi connectivity index (χ1v) is 3.73. The lowest BCUT2D eigenvalue weighted by atomic mass is 10.2. The summed E-state index contributed by atoms with van der Waals surface area (Å²) in [6, 6.07) is 1.51. The molecule has 4 heteroatoms. The van der Waals surface area contributed by atoms with Crippen LogP contribution in [0.5, 0.6) is 5.75 Å². The number of aromatic nitrogens is 1. The van der Waals surface area contributed by atoms with Crippen LogP contribution in [-0.2, 0) is 0 Å². The van der Waals surface area contributed by atoms with E-state index in [-0.39, 0.29) is 0 Å². The SMILES string of the molecule is COc1cc(Cl)nc(C)c1C=O. The molecule has 1 rings (SSSR count). The minimum Gasteiger partial charge on any atom is -0.496 e. The third kappa shape index (κ3) is 1.56. The summed E-state index contributed by atoms with van der Waals surface area (Å²) < 4.78 is 4.94. The zero-order valence-corrected chi connectivity index (χ0v) is 7.55. The van der Waals surface area contributed by atoms with Crippen LogP contribution in [-0.4, -0.2) is 18.4 Å². The third-order valence-corrected chi connectivity index (χ3v) is 1.71. The summed E-state index contributed by atoms with van der Waals surface area (Å²) in [6.45, 7) is 1.71. The van der Waals surface area contributed by atoms with Crippen LogP contribution in [0.4, 0.5) is 0 Å². The number of carbonyl (C=O) groups excluding carboxylic acids is 1. The molecule has 0 spiro atoms. The van der Waals surface area contributed by atoms with Crippen molar-refractivity contribution in [3.63, 3.8) is 0 Å². The first kappa shape index (κ1) is 9.00. The van der Waals surface area contributed by atoms with Crippen molar-refractivity contribution in [3.8, 4) is 5.75 Å². The van der Waals surface area contributed by atoms with Crippen molar-refractivity contribution >= 4 is 17.9 Å². The Morgan fingerprint density at radius 1 is 1.67 bits per heavy atom. The van der Waals surface area contributed by atoms with Gasteiger partial charge in [0.05, 0.1) is 18.4 Å². The molecule has 64 valence electrons. The molecule has 0 atom stereocenters. The van der Waals surface area contributed by atoms with Gasteiger partial charge in [0.2, 0.25) is 0 Å². The average Bonchev–Trinajstić information content (AvgIpc) is 2.03. The summed E-state index contributed by atoms with van der Waals surface area (Å²) in [5, 5.41) is 0.329. The molecule has 0 aromatic carbocycles. The summed E-state index contributed by atoms with van der Waals surface area (Å²) in [4.78, 5) is 14.5. The highest BCUT2D eigenvalue weighted by Gasteiger charge is 2.07. The predicted molar refractivity (Wildman–Crippen MR) is 45.9 cm³/mol. The highest BCUT2D eigenvalue weighted by molar-refractivity contribution is 6.29. The molecule has 0 aliphatic heterocycles. The molecule has 1 heterocycles. The fourth-order valence-corrected chi connectivity index (χ4v) is 1.16. The van der Waals surface area contributed by atoms with Gasteiger partial charge in [0.1, 0.15) is 10.9 Å². The number of ether oxygens (including phenoxy) is 1. The number of carbonyl (C=O) groups is 1. The molecule has 0 unspecified atom stereocenters. The van der Waals surface area contributed by atoms with Gasteiger partial charge in [-0.15, -0.1) is 0 Å². The molecule has 0 N–H and O–H groups in total. The Kier molecular flexibility index (Phi) is 2.65. The number of nitrogens with zero attached hydrogens (tertiary/aromatic N) is 1. The number of methoxy groups -OCH3 is 1. The Balaban J connectivity index is 3.33. The fraction of sp³-hybridized carbons (Fsp3) is 0.250. The van der Waals surface area contributed by atoms with Crippen molar-refractivity contribution in [1.82, 2.24) is 4.98 Å². The molecule has 0 fully saturated rings. The molecule has 0 radical (unpaired) electrons. The Morgan fingerprint density at radius 2 is 2.33 bits per heavy atom. The van der Waals surface area contributed by atoms with Crippen LogP contribution in [0.25, 0.3) is 0 Å². The normalized spacial score (nSPS) is 9.58.